The molecule has 0 bridgehead atoms. The van der Waals surface area contributed by atoms with Gasteiger partial charge in [0.05, 0.1) is 6.61 Å². The van der Waals surface area contributed by atoms with Crippen LogP contribution in [0.2, 0.25) is 0 Å². The minimum atomic E-state index is -0.0107. The highest BCUT2D eigenvalue weighted by Gasteiger charge is 2.19. The third-order valence-electron chi connectivity index (χ3n) is 4.54. The number of hydrogen-bond donors (Lipinski definition) is 1. The first-order chi connectivity index (χ1) is 12.3. The van der Waals surface area contributed by atoms with Crippen molar-refractivity contribution in [2.24, 2.45) is 0 Å². The molecule has 1 aromatic rings. The highest BCUT2D eigenvalue weighted by Crippen LogP contribution is 2.30. The van der Waals surface area contributed by atoms with Gasteiger partial charge >= 0.3 is 6.03 Å². The molecule has 1 fully saturated rings. The van der Waals surface area contributed by atoms with Crippen LogP contribution in [0.4, 0.5) is 4.79 Å². The number of carbonyl (C=O) groups is 1. The Kier molecular flexibility index (Phi) is 6.36. The Morgan fingerprint density at radius 2 is 2.00 bits per heavy atom. The minimum Gasteiger partial charge on any atom is -0.486 e. The molecule has 0 spiro atoms. The van der Waals surface area contributed by atoms with Gasteiger partial charge in [0.1, 0.15) is 13.2 Å². The van der Waals surface area contributed by atoms with Crippen molar-refractivity contribution in [3.8, 4) is 11.5 Å². The molecule has 7 nitrogen and oxygen atoms in total. The van der Waals surface area contributed by atoms with Gasteiger partial charge in [0.25, 0.3) is 0 Å². The van der Waals surface area contributed by atoms with Crippen LogP contribution in [-0.2, 0) is 11.3 Å². The van der Waals surface area contributed by atoms with E-state index in [9.17, 15) is 4.79 Å². The molecule has 138 valence electrons. The van der Waals surface area contributed by atoms with Gasteiger partial charge in [0.2, 0.25) is 0 Å². The molecule has 0 unspecified atom stereocenters. The van der Waals surface area contributed by atoms with E-state index in [1.165, 1.54) is 0 Å². The molecule has 1 saturated heterocycles. The molecule has 0 atom stereocenters. The molecule has 0 aliphatic carbocycles. The van der Waals surface area contributed by atoms with E-state index in [0.29, 0.717) is 19.8 Å². The molecule has 0 radical (unpaired) electrons. The summed E-state index contributed by atoms with van der Waals surface area (Å²) in [5, 5.41) is 3.01. The van der Waals surface area contributed by atoms with Gasteiger partial charge in [-0.25, -0.2) is 4.79 Å². The molecular formula is C18H27N3O4. The third-order valence-corrected chi connectivity index (χ3v) is 4.54. The van der Waals surface area contributed by atoms with E-state index in [4.69, 9.17) is 14.2 Å². The van der Waals surface area contributed by atoms with Crippen LogP contribution in [0.25, 0.3) is 0 Å². The summed E-state index contributed by atoms with van der Waals surface area (Å²) in [6.45, 7) is 6.72. The average Bonchev–Trinajstić information content (AvgIpc) is 2.90. The number of nitrogens with one attached hydrogen (secondary N) is 1. The average molecular weight is 349 g/mol. The van der Waals surface area contributed by atoms with Gasteiger partial charge in [0, 0.05) is 39.8 Å². The molecule has 0 aromatic heterocycles. The number of hydrogen-bond acceptors (Lipinski definition) is 5. The van der Waals surface area contributed by atoms with E-state index in [1.807, 2.05) is 23.1 Å². The van der Waals surface area contributed by atoms with Gasteiger partial charge in [0.15, 0.2) is 11.5 Å². The molecule has 2 aliphatic rings. The maximum Gasteiger partial charge on any atom is 0.317 e. The lowest BCUT2D eigenvalue weighted by atomic mass is 10.2. The summed E-state index contributed by atoms with van der Waals surface area (Å²) in [5.41, 5.74) is 1.01. The Balaban J connectivity index is 1.47. The predicted molar refractivity (Wildman–Crippen MR) is 94.2 cm³/mol. The highest BCUT2D eigenvalue weighted by molar-refractivity contribution is 5.74. The van der Waals surface area contributed by atoms with Crippen molar-refractivity contribution in [3.05, 3.63) is 23.8 Å². The van der Waals surface area contributed by atoms with E-state index < -0.39 is 0 Å². The molecule has 2 amide bonds. The molecular weight excluding hydrogens is 322 g/mol. The van der Waals surface area contributed by atoms with Crippen molar-refractivity contribution >= 4 is 6.03 Å². The number of fused-ring (bicyclic) bond motifs is 1. The molecule has 3 rings (SSSR count). The first-order valence-corrected chi connectivity index (χ1v) is 8.89. The first-order valence-electron chi connectivity index (χ1n) is 8.89. The fraction of sp³-hybridized carbons (Fsp3) is 0.611. The monoisotopic (exact) mass is 349 g/mol. The van der Waals surface area contributed by atoms with Gasteiger partial charge in [-0.05, 0) is 30.7 Å². The highest BCUT2D eigenvalue weighted by atomic mass is 16.6. The number of amides is 2. The van der Waals surface area contributed by atoms with E-state index in [-0.39, 0.29) is 6.03 Å². The van der Waals surface area contributed by atoms with Crippen molar-refractivity contribution < 1.29 is 19.0 Å². The summed E-state index contributed by atoms with van der Waals surface area (Å²) in [7, 11) is 1.72. The second-order valence-electron chi connectivity index (χ2n) is 6.31. The van der Waals surface area contributed by atoms with Crippen LogP contribution in [-0.4, -0.2) is 75.5 Å². The van der Waals surface area contributed by atoms with E-state index >= 15 is 0 Å². The molecule has 2 aliphatic heterocycles. The van der Waals surface area contributed by atoms with Gasteiger partial charge < -0.3 is 24.4 Å². The third kappa shape index (κ3) is 4.99. The largest absolute Gasteiger partial charge is 0.486 e. The Labute approximate surface area is 148 Å². The summed E-state index contributed by atoms with van der Waals surface area (Å²) in [6.07, 6.45) is 0.987. The van der Waals surface area contributed by atoms with Crippen LogP contribution >= 0.6 is 0 Å². The van der Waals surface area contributed by atoms with Crippen molar-refractivity contribution in [2.75, 3.05) is 59.7 Å². The van der Waals surface area contributed by atoms with E-state index in [1.54, 1.807) is 7.11 Å². The molecule has 7 heteroatoms. The second-order valence-corrected chi connectivity index (χ2v) is 6.31. The summed E-state index contributed by atoms with van der Waals surface area (Å²) < 4.78 is 16.2. The Morgan fingerprint density at radius 3 is 2.84 bits per heavy atom. The number of methoxy groups -OCH3 is 1. The normalized spacial score (nSPS) is 17.9. The lowest BCUT2D eigenvalue weighted by Gasteiger charge is -2.22. The number of nitrogens with zero attached hydrogens (tertiary/aromatic N) is 2. The van der Waals surface area contributed by atoms with Crippen molar-refractivity contribution in [3.63, 3.8) is 0 Å². The minimum absolute atomic E-state index is 0.0107. The van der Waals surface area contributed by atoms with Crippen LogP contribution in [0.5, 0.6) is 11.5 Å². The Morgan fingerprint density at radius 1 is 1.16 bits per heavy atom. The maximum absolute atomic E-state index is 12.4. The summed E-state index contributed by atoms with van der Waals surface area (Å²) in [5.74, 6) is 1.52. The number of carbonyl (C=O) groups excluding carboxylic acids is 1. The van der Waals surface area contributed by atoms with Crippen LogP contribution in [0.15, 0.2) is 18.2 Å². The van der Waals surface area contributed by atoms with Crippen LogP contribution in [0.1, 0.15) is 12.0 Å². The number of ether oxygens (including phenoxy) is 3. The summed E-state index contributed by atoms with van der Waals surface area (Å²) in [6, 6.07) is 5.78. The molecule has 1 aromatic carbocycles. The first kappa shape index (κ1) is 17.8. The van der Waals surface area contributed by atoms with Crippen molar-refractivity contribution in [1.29, 1.82) is 0 Å². The van der Waals surface area contributed by atoms with E-state index in [2.05, 4.69) is 10.2 Å². The van der Waals surface area contributed by atoms with Crippen molar-refractivity contribution in [1.82, 2.24) is 15.1 Å². The zero-order valence-electron chi connectivity index (χ0n) is 14.8. The molecule has 2 heterocycles. The van der Waals surface area contributed by atoms with Gasteiger partial charge in [-0.15, -0.1) is 0 Å². The van der Waals surface area contributed by atoms with Gasteiger partial charge in [-0.2, -0.15) is 0 Å². The summed E-state index contributed by atoms with van der Waals surface area (Å²) in [4.78, 5) is 16.7. The number of rotatable bonds is 5. The molecule has 25 heavy (non-hydrogen) atoms. The van der Waals surface area contributed by atoms with E-state index in [0.717, 1.165) is 62.8 Å². The lowest BCUT2D eigenvalue weighted by molar-refractivity contribution is 0.149. The van der Waals surface area contributed by atoms with Gasteiger partial charge in [-0.3, -0.25) is 4.90 Å². The summed E-state index contributed by atoms with van der Waals surface area (Å²) >= 11 is 0. The standard InChI is InChI=1S/C18H27N3O4/c1-23-10-9-20-5-2-6-21(8-7-20)18(22)19-14-15-3-4-16-17(13-15)25-12-11-24-16/h3-4,13H,2,5-12,14H2,1H3,(H,19,22). The molecule has 0 saturated carbocycles. The predicted octanol–water partition coefficient (Wildman–Crippen LogP) is 1.32. The molecule has 1 N–H and O–H groups in total. The van der Waals surface area contributed by atoms with Crippen molar-refractivity contribution in [2.45, 2.75) is 13.0 Å². The quantitative estimate of drug-likeness (QED) is 0.869. The smallest absolute Gasteiger partial charge is 0.317 e. The topological polar surface area (TPSA) is 63.3 Å². The lowest BCUT2D eigenvalue weighted by Crippen LogP contribution is -2.42. The zero-order chi connectivity index (χ0) is 17.5. The van der Waals surface area contributed by atoms with Crippen LogP contribution < -0.4 is 14.8 Å². The van der Waals surface area contributed by atoms with Crippen LogP contribution in [0, 0.1) is 0 Å². The Bertz CT molecular complexity index is 581. The zero-order valence-corrected chi connectivity index (χ0v) is 14.8. The number of urea groups is 1. The SMILES string of the molecule is COCCN1CCCN(C(=O)NCc2ccc3c(c2)OCCO3)CC1. The number of benzene rings is 1. The van der Waals surface area contributed by atoms with Gasteiger partial charge in [-0.1, -0.05) is 6.07 Å². The fourth-order valence-corrected chi connectivity index (χ4v) is 3.11. The van der Waals surface area contributed by atoms with Crippen LogP contribution in [0.3, 0.4) is 0 Å². The fourth-order valence-electron chi connectivity index (χ4n) is 3.11. The Hall–Kier alpha value is -1.99. The second kappa shape index (κ2) is 8.92. The maximum atomic E-state index is 12.4.